The first-order valence-corrected chi connectivity index (χ1v) is 9.24. The molecule has 2 heterocycles. The number of rotatable bonds is 6. The van der Waals surface area contributed by atoms with Crippen LogP contribution in [0.25, 0.3) is 0 Å². The summed E-state index contributed by atoms with van der Waals surface area (Å²) in [6.45, 7) is 3.58. The predicted molar refractivity (Wildman–Crippen MR) is 97.0 cm³/mol. The number of benzene rings is 1. The highest BCUT2D eigenvalue weighted by molar-refractivity contribution is 6.47. The van der Waals surface area contributed by atoms with E-state index in [1.807, 2.05) is 12.1 Å². The van der Waals surface area contributed by atoms with Crippen molar-refractivity contribution in [1.29, 1.82) is 0 Å². The normalized spacial score (nSPS) is 20.7. The predicted octanol–water partition coefficient (Wildman–Crippen LogP) is 2.41. The Kier molecular flexibility index (Phi) is 5.91. The van der Waals surface area contributed by atoms with Crippen LogP contribution in [0.5, 0.6) is 5.75 Å². The third-order valence-corrected chi connectivity index (χ3v) is 5.38. The molecule has 1 saturated heterocycles. The van der Waals surface area contributed by atoms with E-state index in [1.54, 1.807) is 6.07 Å². The van der Waals surface area contributed by atoms with E-state index >= 15 is 0 Å². The fraction of sp³-hybridized carbons (Fsp3) is 0.579. The largest absolute Gasteiger partial charge is 0.535 e. The van der Waals surface area contributed by atoms with Crippen LogP contribution in [0.1, 0.15) is 54.9 Å². The van der Waals surface area contributed by atoms with Crippen molar-refractivity contribution in [2.45, 2.75) is 51.3 Å². The summed E-state index contributed by atoms with van der Waals surface area (Å²) in [5.41, 5.74) is 1.39. The zero-order chi connectivity index (χ0) is 17.8. The average molecular weight is 343 g/mol. The van der Waals surface area contributed by atoms with Crippen molar-refractivity contribution in [3.63, 3.8) is 0 Å². The number of ketones is 2. The lowest BCUT2D eigenvalue weighted by Crippen LogP contribution is -2.35. The second-order valence-electron chi connectivity index (χ2n) is 7.30. The summed E-state index contributed by atoms with van der Waals surface area (Å²) in [5, 5.41) is 13.6. The molecule has 0 spiro atoms. The maximum absolute atomic E-state index is 12.4. The Morgan fingerprint density at radius 1 is 1.32 bits per heavy atom. The van der Waals surface area contributed by atoms with Crippen LogP contribution < -0.4 is 9.97 Å². The molecule has 0 bridgehead atoms. The van der Waals surface area contributed by atoms with Gasteiger partial charge in [-0.05, 0) is 63.2 Å². The van der Waals surface area contributed by atoms with Crippen LogP contribution in [0, 0.1) is 5.92 Å². The number of fused-ring (bicyclic) bond motifs is 1. The van der Waals surface area contributed by atoms with Crippen molar-refractivity contribution in [3.8, 4) is 5.75 Å². The second kappa shape index (κ2) is 8.15. The van der Waals surface area contributed by atoms with Gasteiger partial charge >= 0.3 is 7.12 Å². The van der Waals surface area contributed by atoms with Crippen LogP contribution in [-0.2, 0) is 11.2 Å². The Bertz CT molecular complexity index is 642. The van der Waals surface area contributed by atoms with Crippen LogP contribution >= 0.6 is 0 Å². The van der Waals surface area contributed by atoms with E-state index in [-0.39, 0.29) is 17.4 Å². The van der Waals surface area contributed by atoms with Crippen molar-refractivity contribution in [2.24, 2.45) is 5.92 Å². The summed E-state index contributed by atoms with van der Waals surface area (Å²) >= 11 is 0. The maximum atomic E-state index is 12.4. The molecule has 3 rings (SSSR count). The molecule has 5 nitrogen and oxygen atoms in total. The molecule has 1 fully saturated rings. The Balaban J connectivity index is 1.57. The quantitative estimate of drug-likeness (QED) is 0.613. The molecule has 2 aliphatic heterocycles. The van der Waals surface area contributed by atoms with Gasteiger partial charge in [-0.25, -0.2) is 0 Å². The molecule has 0 aliphatic carbocycles. The van der Waals surface area contributed by atoms with E-state index in [0.717, 1.165) is 37.9 Å². The zero-order valence-corrected chi connectivity index (χ0v) is 14.8. The molecule has 0 unspecified atom stereocenters. The van der Waals surface area contributed by atoms with E-state index in [2.05, 4.69) is 5.32 Å². The van der Waals surface area contributed by atoms with Crippen LogP contribution in [0.4, 0.5) is 0 Å². The van der Waals surface area contributed by atoms with E-state index in [0.29, 0.717) is 36.5 Å². The number of hydrogen-bond donors (Lipinski definition) is 2. The summed E-state index contributed by atoms with van der Waals surface area (Å²) in [4.78, 5) is 24.0. The smallest absolute Gasteiger partial charge is 0.526 e. The number of carbonyl (C=O) groups is 2. The minimum absolute atomic E-state index is 0.0828. The van der Waals surface area contributed by atoms with E-state index < -0.39 is 7.12 Å². The highest BCUT2D eigenvalue weighted by Crippen LogP contribution is 2.36. The van der Waals surface area contributed by atoms with Crippen molar-refractivity contribution in [3.05, 3.63) is 29.3 Å². The molecule has 0 saturated carbocycles. The van der Waals surface area contributed by atoms with E-state index in [1.165, 1.54) is 6.92 Å². The molecule has 6 heteroatoms. The maximum Gasteiger partial charge on any atom is 0.526 e. The molecule has 134 valence electrons. The molecule has 2 N–H and O–H groups in total. The minimum Gasteiger partial charge on any atom is -0.535 e. The summed E-state index contributed by atoms with van der Waals surface area (Å²) in [6.07, 6.45) is 4.70. The molecule has 0 aromatic heterocycles. The highest BCUT2D eigenvalue weighted by atomic mass is 16.5. The van der Waals surface area contributed by atoms with Gasteiger partial charge in [-0.3, -0.25) is 9.59 Å². The first-order valence-electron chi connectivity index (χ1n) is 9.24. The van der Waals surface area contributed by atoms with Gasteiger partial charge in [0.1, 0.15) is 11.5 Å². The minimum atomic E-state index is -1.03. The third-order valence-electron chi connectivity index (χ3n) is 5.38. The van der Waals surface area contributed by atoms with Crippen LogP contribution in [0.2, 0.25) is 5.82 Å². The molecule has 1 aromatic rings. The number of carbonyl (C=O) groups excluding carboxylic acids is 2. The SMILES string of the molecule is CC(=O)c1cccc2c1OB(O)[C@@H](CC(=O)CCC1CCNCC1)C2. The Morgan fingerprint density at radius 2 is 2.08 bits per heavy atom. The van der Waals surface area contributed by atoms with Crippen LogP contribution in [0.15, 0.2) is 18.2 Å². The van der Waals surface area contributed by atoms with Crippen molar-refractivity contribution in [2.75, 3.05) is 13.1 Å². The molecule has 1 aromatic carbocycles. The van der Waals surface area contributed by atoms with Crippen LogP contribution in [0.3, 0.4) is 0 Å². The molecular formula is C19H26BNO4. The van der Waals surface area contributed by atoms with Gasteiger partial charge in [-0.2, -0.15) is 0 Å². The lowest BCUT2D eigenvalue weighted by Gasteiger charge is -2.28. The van der Waals surface area contributed by atoms with Gasteiger partial charge in [0.05, 0.1) is 5.56 Å². The zero-order valence-electron chi connectivity index (χ0n) is 14.8. The number of piperidine rings is 1. The summed E-state index contributed by atoms with van der Waals surface area (Å²) in [7, 11) is -1.03. The van der Waals surface area contributed by atoms with Crippen LogP contribution in [-0.4, -0.2) is 36.8 Å². The van der Waals surface area contributed by atoms with Gasteiger partial charge in [0, 0.05) is 18.7 Å². The molecule has 0 radical (unpaired) electrons. The summed E-state index contributed by atoms with van der Waals surface area (Å²) in [6, 6.07) is 5.44. The number of nitrogens with one attached hydrogen (secondary N) is 1. The lowest BCUT2D eigenvalue weighted by atomic mass is 9.64. The monoisotopic (exact) mass is 343 g/mol. The van der Waals surface area contributed by atoms with Gasteiger partial charge in [-0.15, -0.1) is 0 Å². The number of para-hydroxylation sites is 1. The molecule has 0 amide bonds. The third kappa shape index (κ3) is 4.50. The summed E-state index contributed by atoms with van der Waals surface area (Å²) in [5.74, 6) is 0.977. The van der Waals surface area contributed by atoms with E-state index in [4.69, 9.17) is 4.65 Å². The van der Waals surface area contributed by atoms with Crippen molar-refractivity contribution < 1.29 is 19.3 Å². The van der Waals surface area contributed by atoms with Gasteiger partial charge < -0.3 is 15.0 Å². The topological polar surface area (TPSA) is 75.6 Å². The molecular weight excluding hydrogens is 317 g/mol. The Labute approximate surface area is 149 Å². The van der Waals surface area contributed by atoms with Gasteiger partial charge in [-0.1, -0.05) is 12.1 Å². The number of hydrogen-bond acceptors (Lipinski definition) is 5. The fourth-order valence-electron chi connectivity index (χ4n) is 3.87. The standard InChI is InChI=1S/C19H26BNO4/c1-13(22)18-4-2-3-15-11-16(20(24)25-19(15)18)12-17(23)6-5-14-7-9-21-10-8-14/h2-4,14,16,21,24H,5-12H2,1H3/t16-/m1/s1. The Morgan fingerprint density at radius 3 is 2.80 bits per heavy atom. The molecule has 25 heavy (non-hydrogen) atoms. The van der Waals surface area contributed by atoms with Crippen molar-refractivity contribution in [1.82, 2.24) is 5.32 Å². The average Bonchev–Trinajstić information content (AvgIpc) is 2.61. The summed E-state index contributed by atoms with van der Waals surface area (Å²) < 4.78 is 5.61. The van der Waals surface area contributed by atoms with E-state index in [9.17, 15) is 14.6 Å². The highest BCUT2D eigenvalue weighted by Gasteiger charge is 2.37. The van der Waals surface area contributed by atoms with Gasteiger partial charge in [0.2, 0.25) is 0 Å². The second-order valence-corrected chi connectivity index (χ2v) is 7.30. The first-order chi connectivity index (χ1) is 12.0. The fourth-order valence-corrected chi connectivity index (χ4v) is 3.87. The van der Waals surface area contributed by atoms with Crippen molar-refractivity contribution >= 4 is 18.7 Å². The molecule has 1 atom stereocenters. The number of Topliss-reactive ketones (excluding diaryl/α,β-unsaturated/α-hetero) is 2. The molecule has 2 aliphatic rings. The van der Waals surface area contributed by atoms with Gasteiger partial charge in [0.25, 0.3) is 0 Å². The Hall–Kier alpha value is -1.66. The van der Waals surface area contributed by atoms with Gasteiger partial charge in [0.15, 0.2) is 5.78 Å². The lowest BCUT2D eigenvalue weighted by molar-refractivity contribution is -0.119. The first kappa shape index (κ1) is 18.1.